The Labute approximate surface area is 127 Å². The molecule has 0 heterocycles. The van der Waals surface area contributed by atoms with Gasteiger partial charge in [0.25, 0.3) is 0 Å². The molecule has 0 bridgehead atoms. The number of hydrogen-bond donors (Lipinski definition) is 2. The van der Waals surface area contributed by atoms with Crippen LogP contribution in [-0.2, 0) is 6.42 Å². The van der Waals surface area contributed by atoms with E-state index in [4.69, 9.17) is 0 Å². The molecule has 2 aromatic rings. The average molecular weight is 283 g/mol. The topological polar surface area (TPSA) is 32.3 Å². The normalized spacial score (nSPS) is 13.9. The summed E-state index contributed by atoms with van der Waals surface area (Å²) in [5.74, 6) is 0.331. The molecule has 0 aliphatic heterocycles. The Hall–Kier alpha value is -1.80. The van der Waals surface area contributed by atoms with Gasteiger partial charge in [0.05, 0.1) is 0 Å². The lowest BCUT2D eigenvalue weighted by Crippen LogP contribution is -2.29. The summed E-state index contributed by atoms with van der Waals surface area (Å²) in [4.78, 5) is 0. The number of phenolic OH excluding ortho intramolecular Hbond substituents is 1. The van der Waals surface area contributed by atoms with Crippen LogP contribution in [0.15, 0.2) is 48.5 Å². The Morgan fingerprint density at radius 3 is 2.19 bits per heavy atom. The Balaban J connectivity index is 1.82. The molecule has 21 heavy (non-hydrogen) atoms. The van der Waals surface area contributed by atoms with Gasteiger partial charge in [-0.25, -0.2) is 0 Å². The fraction of sp³-hybridized carbons (Fsp3) is 0.368. The van der Waals surface area contributed by atoms with Gasteiger partial charge >= 0.3 is 0 Å². The smallest absolute Gasteiger partial charge is 0.115 e. The molecular weight excluding hydrogens is 258 g/mol. The van der Waals surface area contributed by atoms with Crippen molar-refractivity contribution in [2.45, 2.75) is 45.7 Å². The third-order valence-electron chi connectivity index (χ3n) is 3.91. The molecule has 0 saturated heterocycles. The fourth-order valence-corrected chi connectivity index (χ4v) is 2.51. The van der Waals surface area contributed by atoms with E-state index in [2.05, 4.69) is 50.4 Å². The predicted octanol–water partition coefficient (Wildman–Crippen LogP) is 4.37. The Kier molecular flexibility index (Phi) is 5.40. The SMILES string of the molecule is Cc1ccc([C@@H](C)NC(C)CCc2ccc(O)cc2)cc1. The summed E-state index contributed by atoms with van der Waals surface area (Å²) >= 11 is 0. The van der Waals surface area contributed by atoms with Crippen molar-refractivity contribution in [3.8, 4) is 5.75 Å². The second-order valence-electron chi connectivity index (χ2n) is 5.91. The monoisotopic (exact) mass is 283 g/mol. The second-order valence-corrected chi connectivity index (χ2v) is 5.91. The van der Waals surface area contributed by atoms with Crippen LogP contribution in [0.3, 0.4) is 0 Å². The number of nitrogens with one attached hydrogen (secondary N) is 1. The highest BCUT2D eigenvalue weighted by Crippen LogP contribution is 2.16. The highest BCUT2D eigenvalue weighted by Gasteiger charge is 2.09. The molecule has 2 heteroatoms. The van der Waals surface area contributed by atoms with Gasteiger partial charge in [-0.3, -0.25) is 0 Å². The third-order valence-corrected chi connectivity index (χ3v) is 3.91. The molecule has 2 aromatic carbocycles. The molecule has 0 amide bonds. The number of rotatable bonds is 6. The summed E-state index contributed by atoms with van der Waals surface area (Å²) in [6, 6.07) is 17.0. The molecule has 2 rings (SSSR count). The number of aryl methyl sites for hydroxylation is 2. The fourth-order valence-electron chi connectivity index (χ4n) is 2.51. The summed E-state index contributed by atoms with van der Waals surface area (Å²) in [5, 5.41) is 12.9. The van der Waals surface area contributed by atoms with Crippen LogP contribution in [-0.4, -0.2) is 11.1 Å². The van der Waals surface area contributed by atoms with Crippen LogP contribution in [0, 0.1) is 6.92 Å². The zero-order valence-electron chi connectivity index (χ0n) is 13.1. The Morgan fingerprint density at radius 1 is 0.952 bits per heavy atom. The first-order valence-corrected chi connectivity index (χ1v) is 7.65. The number of benzene rings is 2. The zero-order chi connectivity index (χ0) is 15.2. The first kappa shape index (κ1) is 15.6. The van der Waals surface area contributed by atoms with Crippen LogP contribution < -0.4 is 5.32 Å². The van der Waals surface area contributed by atoms with E-state index < -0.39 is 0 Å². The molecule has 1 unspecified atom stereocenters. The minimum absolute atomic E-state index is 0.331. The molecule has 2 N–H and O–H groups in total. The van der Waals surface area contributed by atoms with Crippen LogP contribution in [0.5, 0.6) is 5.75 Å². The van der Waals surface area contributed by atoms with Crippen LogP contribution in [0.4, 0.5) is 0 Å². The van der Waals surface area contributed by atoms with Crippen molar-refractivity contribution in [3.05, 3.63) is 65.2 Å². The van der Waals surface area contributed by atoms with Gasteiger partial charge in [0.15, 0.2) is 0 Å². The maximum absolute atomic E-state index is 9.29. The lowest BCUT2D eigenvalue weighted by atomic mass is 10.0. The van der Waals surface area contributed by atoms with Crippen molar-refractivity contribution >= 4 is 0 Å². The van der Waals surface area contributed by atoms with E-state index in [1.807, 2.05) is 12.1 Å². The van der Waals surface area contributed by atoms with Crippen molar-refractivity contribution in [3.63, 3.8) is 0 Å². The predicted molar refractivity (Wildman–Crippen MR) is 88.6 cm³/mol. The molecule has 2 nitrogen and oxygen atoms in total. The third kappa shape index (κ3) is 4.91. The van der Waals surface area contributed by atoms with Crippen LogP contribution in [0.2, 0.25) is 0 Å². The molecule has 2 atom stereocenters. The first-order chi connectivity index (χ1) is 10.0. The van der Waals surface area contributed by atoms with Gasteiger partial charge in [0.1, 0.15) is 5.75 Å². The van der Waals surface area contributed by atoms with Crippen LogP contribution in [0.25, 0.3) is 0 Å². The van der Waals surface area contributed by atoms with Gasteiger partial charge in [-0.2, -0.15) is 0 Å². The molecule has 0 saturated carbocycles. The molecule has 112 valence electrons. The summed E-state index contributed by atoms with van der Waals surface area (Å²) in [6.07, 6.45) is 2.11. The van der Waals surface area contributed by atoms with E-state index >= 15 is 0 Å². The minimum Gasteiger partial charge on any atom is -0.508 e. The Morgan fingerprint density at radius 2 is 1.57 bits per heavy atom. The average Bonchev–Trinajstić information content (AvgIpc) is 2.47. The molecule has 0 aromatic heterocycles. The van der Waals surface area contributed by atoms with Gasteiger partial charge in [-0.1, -0.05) is 42.0 Å². The highest BCUT2D eigenvalue weighted by atomic mass is 16.3. The van der Waals surface area contributed by atoms with Gasteiger partial charge in [-0.15, -0.1) is 0 Å². The summed E-state index contributed by atoms with van der Waals surface area (Å²) in [7, 11) is 0. The van der Waals surface area contributed by atoms with Crippen molar-refractivity contribution in [1.82, 2.24) is 5.32 Å². The molecule has 0 spiro atoms. The summed E-state index contributed by atoms with van der Waals surface area (Å²) < 4.78 is 0. The Bertz CT molecular complexity index is 545. The molecule has 0 aliphatic rings. The van der Waals surface area contributed by atoms with Crippen LogP contribution >= 0.6 is 0 Å². The standard InChI is InChI=1S/C19H25NO/c1-14-4-10-18(11-5-14)16(3)20-15(2)6-7-17-8-12-19(21)13-9-17/h4-5,8-13,15-16,20-21H,6-7H2,1-3H3/t15?,16-/m1/s1. The van der Waals surface area contributed by atoms with Crippen molar-refractivity contribution in [1.29, 1.82) is 0 Å². The largest absolute Gasteiger partial charge is 0.508 e. The maximum atomic E-state index is 9.29. The first-order valence-electron chi connectivity index (χ1n) is 7.65. The van der Waals surface area contributed by atoms with Crippen molar-refractivity contribution < 1.29 is 5.11 Å². The van der Waals surface area contributed by atoms with Crippen molar-refractivity contribution in [2.75, 3.05) is 0 Å². The van der Waals surface area contributed by atoms with Crippen molar-refractivity contribution in [2.24, 2.45) is 0 Å². The van der Waals surface area contributed by atoms with Gasteiger partial charge in [-0.05, 0) is 56.9 Å². The zero-order valence-corrected chi connectivity index (χ0v) is 13.1. The molecule has 0 aliphatic carbocycles. The molecular formula is C19H25NO. The van der Waals surface area contributed by atoms with E-state index in [9.17, 15) is 5.11 Å². The number of hydrogen-bond acceptors (Lipinski definition) is 2. The quantitative estimate of drug-likeness (QED) is 0.825. The van der Waals surface area contributed by atoms with E-state index in [0.717, 1.165) is 12.8 Å². The highest BCUT2D eigenvalue weighted by molar-refractivity contribution is 5.26. The lowest BCUT2D eigenvalue weighted by Gasteiger charge is -2.20. The van der Waals surface area contributed by atoms with E-state index in [-0.39, 0.29) is 0 Å². The van der Waals surface area contributed by atoms with Crippen LogP contribution in [0.1, 0.15) is 43.0 Å². The molecule has 0 fully saturated rings. The van der Waals surface area contributed by atoms with Gasteiger partial charge < -0.3 is 10.4 Å². The second kappa shape index (κ2) is 7.28. The number of phenols is 1. The number of aromatic hydroxyl groups is 1. The van der Waals surface area contributed by atoms with E-state index in [1.54, 1.807) is 12.1 Å². The van der Waals surface area contributed by atoms with E-state index in [1.165, 1.54) is 16.7 Å². The summed E-state index contributed by atoms with van der Waals surface area (Å²) in [6.45, 7) is 6.55. The lowest BCUT2D eigenvalue weighted by molar-refractivity contribution is 0.456. The van der Waals surface area contributed by atoms with Gasteiger partial charge in [0, 0.05) is 12.1 Å². The van der Waals surface area contributed by atoms with E-state index in [0.29, 0.717) is 17.8 Å². The summed E-state index contributed by atoms with van der Waals surface area (Å²) in [5.41, 5.74) is 3.90. The maximum Gasteiger partial charge on any atom is 0.115 e. The van der Waals surface area contributed by atoms with Gasteiger partial charge in [0.2, 0.25) is 0 Å². The molecule has 0 radical (unpaired) electrons. The minimum atomic E-state index is 0.331.